The third-order valence-corrected chi connectivity index (χ3v) is 4.54. The first-order valence-corrected chi connectivity index (χ1v) is 10.3. The molecule has 0 aromatic heterocycles. The molecule has 1 unspecified atom stereocenters. The van der Waals surface area contributed by atoms with E-state index in [1.807, 2.05) is 0 Å². The number of ether oxygens (including phenoxy) is 4. The van der Waals surface area contributed by atoms with E-state index in [0.29, 0.717) is 28.4 Å². The van der Waals surface area contributed by atoms with Crippen molar-refractivity contribution in [2.75, 3.05) is 32.0 Å². The summed E-state index contributed by atoms with van der Waals surface area (Å²) in [4.78, 5) is 37.3. The minimum atomic E-state index is -1.14. The number of rotatable bonds is 8. The number of hydrogen-bond donors (Lipinski definition) is 2. The molecule has 33 heavy (non-hydrogen) atoms. The SMILES string of the molecule is COC(=O)C(Cc1c(OC)cccc1OC)C(=O)Nc1ccc(NC(=O)OC(C)(C)C)cc1. The molecule has 0 saturated heterocycles. The lowest BCUT2D eigenvalue weighted by Gasteiger charge is -2.20. The van der Waals surface area contributed by atoms with Crippen molar-refractivity contribution in [3.8, 4) is 11.5 Å². The highest BCUT2D eigenvalue weighted by atomic mass is 16.6. The van der Waals surface area contributed by atoms with Gasteiger partial charge >= 0.3 is 12.1 Å². The highest BCUT2D eigenvalue weighted by Crippen LogP contribution is 2.31. The summed E-state index contributed by atoms with van der Waals surface area (Å²) in [7, 11) is 4.22. The first-order valence-electron chi connectivity index (χ1n) is 10.3. The molecule has 0 aliphatic heterocycles. The predicted octanol–water partition coefficient (Wildman–Crippen LogP) is 4.02. The molecular formula is C24H30N2O7. The molecule has 178 valence electrons. The Morgan fingerprint density at radius 1 is 0.848 bits per heavy atom. The molecule has 9 heteroatoms. The van der Waals surface area contributed by atoms with Crippen molar-refractivity contribution in [3.05, 3.63) is 48.0 Å². The van der Waals surface area contributed by atoms with E-state index in [0.717, 1.165) is 0 Å². The highest BCUT2D eigenvalue weighted by Gasteiger charge is 2.30. The van der Waals surface area contributed by atoms with Crippen LogP contribution in [0.1, 0.15) is 26.3 Å². The minimum Gasteiger partial charge on any atom is -0.496 e. The molecule has 2 N–H and O–H groups in total. The maximum absolute atomic E-state index is 13.0. The molecule has 2 aromatic carbocycles. The van der Waals surface area contributed by atoms with Crippen LogP contribution in [0, 0.1) is 5.92 Å². The van der Waals surface area contributed by atoms with Crippen molar-refractivity contribution < 1.29 is 33.3 Å². The molecule has 9 nitrogen and oxygen atoms in total. The van der Waals surface area contributed by atoms with E-state index in [9.17, 15) is 14.4 Å². The van der Waals surface area contributed by atoms with E-state index in [-0.39, 0.29) is 6.42 Å². The van der Waals surface area contributed by atoms with Gasteiger partial charge in [-0.15, -0.1) is 0 Å². The largest absolute Gasteiger partial charge is 0.496 e. The third kappa shape index (κ3) is 7.41. The number of carbonyl (C=O) groups is 3. The van der Waals surface area contributed by atoms with Gasteiger partial charge in [0.15, 0.2) is 0 Å². The maximum Gasteiger partial charge on any atom is 0.412 e. The van der Waals surface area contributed by atoms with Crippen LogP contribution in [0.15, 0.2) is 42.5 Å². The average molecular weight is 459 g/mol. The van der Waals surface area contributed by atoms with Crippen LogP contribution in [0.4, 0.5) is 16.2 Å². The molecule has 0 aliphatic rings. The average Bonchev–Trinajstić information content (AvgIpc) is 2.76. The van der Waals surface area contributed by atoms with Crippen LogP contribution in [0.5, 0.6) is 11.5 Å². The Morgan fingerprint density at radius 2 is 1.36 bits per heavy atom. The van der Waals surface area contributed by atoms with E-state index in [2.05, 4.69) is 10.6 Å². The van der Waals surface area contributed by atoms with Crippen LogP contribution in [0.2, 0.25) is 0 Å². The lowest BCUT2D eigenvalue weighted by atomic mass is 9.96. The predicted molar refractivity (Wildman–Crippen MR) is 124 cm³/mol. The van der Waals surface area contributed by atoms with E-state index in [1.54, 1.807) is 63.2 Å². The molecule has 2 rings (SSSR count). The van der Waals surface area contributed by atoms with Gasteiger partial charge in [0.1, 0.15) is 23.0 Å². The van der Waals surface area contributed by atoms with Gasteiger partial charge in [-0.3, -0.25) is 14.9 Å². The number of esters is 1. The zero-order chi connectivity index (χ0) is 24.6. The van der Waals surface area contributed by atoms with Gasteiger partial charge in [0.05, 0.1) is 21.3 Å². The second kappa shape index (κ2) is 11.2. The topological polar surface area (TPSA) is 112 Å². The van der Waals surface area contributed by atoms with Crippen LogP contribution in [-0.4, -0.2) is 44.9 Å². The fourth-order valence-electron chi connectivity index (χ4n) is 3.05. The summed E-state index contributed by atoms with van der Waals surface area (Å²) < 4.78 is 20.8. The number of amides is 2. The zero-order valence-electron chi connectivity index (χ0n) is 19.7. The van der Waals surface area contributed by atoms with Crippen LogP contribution in [-0.2, 0) is 25.5 Å². The van der Waals surface area contributed by atoms with Gasteiger partial charge < -0.3 is 24.3 Å². The smallest absolute Gasteiger partial charge is 0.412 e. The molecule has 0 fully saturated rings. The molecule has 2 aromatic rings. The maximum atomic E-state index is 13.0. The van der Waals surface area contributed by atoms with Crippen LogP contribution < -0.4 is 20.1 Å². The van der Waals surface area contributed by atoms with Crippen molar-refractivity contribution in [3.63, 3.8) is 0 Å². The lowest BCUT2D eigenvalue weighted by Crippen LogP contribution is -2.32. The summed E-state index contributed by atoms with van der Waals surface area (Å²) in [5.41, 5.74) is 0.886. The first kappa shape index (κ1) is 25.5. The highest BCUT2D eigenvalue weighted by molar-refractivity contribution is 6.05. The fourth-order valence-corrected chi connectivity index (χ4v) is 3.05. The minimum absolute atomic E-state index is 0.0178. The van der Waals surface area contributed by atoms with E-state index < -0.39 is 29.5 Å². The molecule has 0 spiro atoms. The van der Waals surface area contributed by atoms with E-state index in [4.69, 9.17) is 18.9 Å². The molecule has 0 aliphatic carbocycles. The molecule has 0 saturated carbocycles. The Labute approximate surface area is 193 Å². The summed E-state index contributed by atoms with van der Waals surface area (Å²) in [6.07, 6.45) is -0.569. The number of benzene rings is 2. The van der Waals surface area contributed by atoms with Gasteiger partial charge in [-0.2, -0.15) is 0 Å². The third-order valence-electron chi connectivity index (χ3n) is 4.54. The van der Waals surface area contributed by atoms with Crippen molar-refractivity contribution in [1.29, 1.82) is 0 Å². The monoisotopic (exact) mass is 458 g/mol. The quantitative estimate of drug-likeness (QED) is 0.454. The lowest BCUT2D eigenvalue weighted by molar-refractivity contribution is -0.148. The van der Waals surface area contributed by atoms with Gasteiger partial charge in [-0.25, -0.2) is 4.79 Å². The number of methoxy groups -OCH3 is 3. The Morgan fingerprint density at radius 3 is 1.82 bits per heavy atom. The number of carbonyl (C=O) groups excluding carboxylic acids is 3. The van der Waals surface area contributed by atoms with Crippen molar-refractivity contribution >= 4 is 29.3 Å². The second-order valence-corrected chi connectivity index (χ2v) is 8.11. The standard InChI is InChI=1S/C24H30N2O7/c1-24(2,3)33-23(29)26-16-12-10-15(11-13-16)25-21(27)18(22(28)32-6)14-17-19(30-4)8-7-9-20(17)31-5/h7-13,18H,14H2,1-6H3,(H,25,27)(H,26,29). The Bertz CT molecular complexity index is 959. The van der Waals surface area contributed by atoms with Gasteiger partial charge in [-0.1, -0.05) is 6.07 Å². The summed E-state index contributed by atoms with van der Waals surface area (Å²) >= 11 is 0. The molecule has 0 radical (unpaired) electrons. The number of anilines is 2. The molecular weight excluding hydrogens is 428 g/mol. The normalized spacial score (nSPS) is 11.7. The van der Waals surface area contributed by atoms with Gasteiger partial charge in [-0.05, 0) is 57.2 Å². The van der Waals surface area contributed by atoms with Crippen LogP contribution in [0.25, 0.3) is 0 Å². The number of hydrogen-bond acceptors (Lipinski definition) is 7. The van der Waals surface area contributed by atoms with Gasteiger partial charge in [0.25, 0.3) is 0 Å². The van der Waals surface area contributed by atoms with Crippen molar-refractivity contribution in [1.82, 2.24) is 0 Å². The Balaban J connectivity index is 2.15. The van der Waals surface area contributed by atoms with Crippen molar-refractivity contribution in [2.45, 2.75) is 32.8 Å². The van der Waals surface area contributed by atoms with E-state index in [1.165, 1.54) is 21.3 Å². The van der Waals surface area contributed by atoms with Crippen molar-refractivity contribution in [2.24, 2.45) is 5.92 Å². The summed E-state index contributed by atoms with van der Waals surface area (Å²) in [5, 5.41) is 5.32. The van der Waals surface area contributed by atoms with Crippen LogP contribution in [0.3, 0.4) is 0 Å². The first-order chi connectivity index (χ1) is 15.6. The van der Waals surface area contributed by atoms with Crippen LogP contribution >= 0.6 is 0 Å². The Kier molecular flexibility index (Phi) is 8.67. The molecule has 0 bridgehead atoms. The number of nitrogens with one attached hydrogen (secondary N) is 2. The van der Waals surface area contributed by atoms with E-state index >= 15 is 0 Å². The second-order valence-electron chi connectivity index (χ2n) is 8.11. The molecule has 1 atom stereocenters. The summed E-state index contributed by atoms with van der Waals surface area (Å²) in [6, 6.07) is 11.6. The molecule has 2 amide bonds. The molecule has 0 heterocycles. The Hall–Kier alpha value is -3.75. The fraction of sp³-hybridized carbons (Fsp3) is 0.375. The van der Waals surface area contributed by atoms with Gasteiger partial charge in [0, 0.05) is 23.4 Å². The van der Waals surface area contributed by atoms with Gasteiger partial charge in [0.2, 0.25) is 5.91 Å². The summed E-state index contributed by atoms with van der Waals surface area (Å²) in [5.74, 6) is -1.40. The zero-order valence-corrected chi connectivity index (χ0v) is 19.7. The summed E-state index contributed by atoms with van der Waals surface area (Å²) in [6.45, 7) is 5.30.